The molecule has 0 unspecified atom stereocenters. The summed E-state index contributed by atoms with van der Waals surface area (Å²) in [6.45, 7) is 6.11. The van der Waals surface area contributed by atoms with E-state index >= 15 is 0 Å². The molecule has 8 nitrogen and oxygen atoms in total. The fraction of sp³-hybridized carbons (Fsp3) is 0.481. The Labute approximate surface area is 207 Å². The van der Waals surface area contributed by atoms with E-state index in [9.17, 15) is 14.7 Å². The Morgan fingerprint density at radius 1 is 1.09 bits per heavy atom. The minimum atomic E-state index is -0.947. The fourth-order valence-electron chi connectivity index (χ4n) is 4.32. The zero-order valence-corrected chi connectivity index (χ0v) is 20.8. The van der Waals surface area contributed by atoms with Gasteiger partial charge in [0.2, 0.25) is 0 Å². The van der Waals surface area contributed by atoms with Gasteiger partial charge >= 0.3 is 6.09 Å². The SMILES string of the molecule is COCCCOc1cc(C(=O)N(C(C)C)[C@@H]2CCCN(C(=O)O)C2)ccc1OCc1ccccc1. The van der Waals surface area contributed by atoms with E-state index in [2.05, 4.69) is 0 Å². The molecule has 35 heavy (non-hydrogen) atoms. The molecule has 1 aliphatic heterocycles. The summed E-state index contributed by atoms with van der Waals surface area (Å²) in [5.74, 6) is 0.921. The number of likely N-dealkylation sites (tertiary alicyclic amines) is 1. The lowest BCUT2D eigenvalue weighted by Crippen LogP contribution is -2.53. The molecule has 0 aliphatic carbocycles. The number of carbonyl (C=O) groups excluding carboxylic acids is 1. The first-order valence-corrected chi connectivity index (χ1v) is 12.1. The first-order chi connectivity index (χ1) is 16.9. The van der Waals surface area contributed by atoms with Gasteiger partial charge in [0.05, 0.1) is 12.6 Å². The molecule has 2 aromatic carbocycles. The van der Waals surface area contributed by atoms with Gasteiger partial charge in [-0.15, -0.1) is 0 Å². The number of hydrogen-bond donors (Lipinski definition) is 1. The molecule has 0 radical (unpaired) electrons. The second-order valence-corrected chi connectivity index (χ2v) is 8.96. The number of piperidine rings is 1. The van der Waals surface area contributed by atoms with Gasteiger partial charge in [0.1, 0.15) is 6.61 Å². The van der Waals surface area contributed by atoms with Gasteiger partial charge in [-0.2, -0.15) is 0 Å². The summed E-state index contributed by atoms with van der Waals surface area (Å²) < 4.78 is 17.1. The minimum Gasteiger partial charge on any atom is -0.490 e. The lowest BCUT2D eigenvalue weighted by Gasteiger charge is -2.40. The van der Waals surface area contributed by atoms with Crippen LogP contribution < -0.4 is 9.47 Å². The molecule has 2 amide bonds. The van der Waals surface area contributed by atoms with Crippen molar-refractivity contribution in [2.24, 2.45) is 0 Å². The molecular formula is C27H36N2O6. The largest absolute Gasteiger partial charge is 0.490 e. The Balaban J connectivity index is 1.81. The molecular weight excluding hydrogens is 448 g/mol. The Bertz CT molecular complexity index is 965. The Kier molecular flexibility index (Phi) is 9.78. The predicted octanol–water partition coefficient (Wildman–Crippen LogP) is 4.67. The molecule has 0 aromatic heterocycles. The Morgan fingerprint density at radius 3 is 2.54 bits per heavy atom. The van der Waals surface area contributed by atoms with Crippen molar-refractivity contribution >= 4 is 12.0 Å². The Hall–Kier alpha value is -3.26. The minimum absolute atomic E-state index is 0.0821. The van der Waals surface area contributed by atoms with Crippen LogP contribution in [0.4, 0.5) is 4.79 Å². The lowest BCUT2D eigenvalue weighted by molar-refractivity contribution is 0.0449. The van der Waals surface area contributed by atoms with Crippen LogP contribution in [0.1, 0.15) is 49.0 Å². The van der Waals surface area contributed by atoms with Gasteiger partial charge in [0, 0.05) is 44.8 Å². The number of carbonyl (C=O) groups is 2. The third-order valence-corrected chi connectivity index (χ3v) is 6.03. The number of nitrogens with zero attached hydrogens (tertiary/aromatic N) is 2. The van der Waals surface area contributed by atoms with Gasteiger partial charge in [-0.1, -0.05) is 30.3 Å². The maximum absolute atomic E-state index is 13.6. The van der Waals surface area contributed by atoms with E-state index in [1.165, 1.54) is 4.90 Å². The number of amides is 2. The molecule has 1 aliphatic rings. The van der Waals surface area contributed by atoms with Crippen LogP contribution in [0.25, 0.3) is 0 Å². The van der Waals surface area contributed by atoms with Crippen LogP contribution in [0.3, 0.4) is 0 Å². The van der Waals surface area contributed by atoms with Gasteiger partial charge in [-0.25, -0.2) is 4.79 Å². The average molecular weight is 485 g/mol. The van der Waals surface area contributed by atoms with Gasteiger partial charge < -0.3 is 29.1 Å². The number of rotatable bonds is 11. The highest BCUT2D eigenvalue weighted by Crippen LogP contribution is 2.31. The lowest BCUT2D eigenvalue weighted by atomic mass is 10.0. The summed E-state index contributed by atoms with van der Waals surface area (Å²) in [6.07, 6.45) is 1.26. The van der Waals surface area contributed by atoms with Crippen molar-refractivity contribution in [2.75, 3.05) is 33.4 Å². The Morgan fingerprint density at radius 2 is 1.86 bits per heavy atom. The van der Waals surface area contributed by atoms with Crippen LogP contribution >= 0.6 is 0 Å². The van der Waals surface area contributed by atoms with Crippen molar-refractivity contribution in [3.63, 3.8) is 0 Å². The second-order valence-electron chi connectivity index (χ2n) is 8.96. The van der Waals surface area contributed by atoms with Gasteiger partial charge in [-0.05, 0) is 50.5 Å². The number of hydrogen-bond acceptors (Lipinski definition) is 5. The molecule has 1 fully saturated rings. The van der Waals surface area contributed by atoms with Gasteiger partial charge in [-0.3, -0.25) is 4.79 Å². The number of ether oxygens (including phenoxy) is 3. The van der Waals surface area contributed by atoms with Crippen molar-refractivity contribution in [2.45, 2.75) is 51.8 Å². The molecule has 1 saturated heterocycles. The van der Waals surface area contributed by atoms with Crippen molar-refractivity contribution < 1.29 is 28.9 Å². The number of benzene rings is 2. The zero-order valence-electron chi connectivity index (χ0n) is 20.8. The quantitative estimate of drug-likeness (QED) is 0.466. The smallest absolute Gasteiger partial charge is 0.407 e. The first kappa shape index (κ1) is 26.3. The predicted molar refractivity (Wildman–Crippen MR) is 133 cm³/mol. The van der Waals surface area contributed by atoms with Crippen molar-refractivity contribution in [3.8, 4) is 11.5 Å². The number of carboxylic acid groups (broad SMARTS) is 1. The van der Waals surface area contributed by atoms with Gasteiger partial charge in [0.25, 0.3) is 5.91 Å². The topological polar surface area (TPSA) is 88.5 Å². The van der Waals surface area contributed by atoms with E-state index in [0.717, 1.165) is 18.4 Å². The van der Waals surface area contributed by atoms with Crippen LogP contribution in [0.15, 0.2) is 48.5 Å². The summed E-state index contributed by atoms with van der Waals surface area (Å²) >= 11 is 0. The second kappa shape index (κ2) is 13.0. The highest BCUT2D eigenvalue weighted by atomic mass is 16.5. The third-order valence-electron chi connectivity index (χ3n) is 6.03. The molecule has 8 heteroatoms. The molecule has 190 valence electrons. The molecule has 3 rings (SSSR count). The summed E-state index contributed by atoms with van der Waals surface area (Å²) in [4.78, 5) is 28.3. The van der Waals surface area contributed by atoms with E-state index in [1.54, 1.807) is 30.2 Å². The summed E-state index contributed by atoms with van der Waals surface area (Å²) in [5.41, 5.74) is 1.52. The molecule has 0 spiro atoms. The highest BCUT2D eigenvalue weighted by Gasteiger charge is 2.33. The van der Waals surface area contributed by atoms with E-state index in [0.29, 0.717) is 56.4 Å². The van der Waals surface area contributed by atoms with Crippen molar-refractivity contribution in [1.82, 2.24) is 9.80 Å². The summed E-state index contributed by atoms with van der Waals surface area (Å²) in [7, 11) is 1.64. The molecule has 1 heterocycles. The third kappa shape index (κ3) is 7.36. The van der Waals surface area contributed by atoms with Crippen LogP contribution in [-0.4, -0.2) is 72.4 Å². The van der Waals surface area contributed by atoms with Crippen LogP contribution in [-0.2, 0) is 11.3 Å². The fourth-order valence-corrected chi connectivity index (χ4v) is 4.32. The molecule has 1 N–H and O–H groups in total. The van der Waals surface area contributed by atoms with Crippen LogP contribution in [0.5, 0.6) is 11.5 Å². The maximum Gasteiger partial charge on any atom is 0.407 e. The number of methoxy groups -OCH3 is 1. The zero-order chi connectivity index (χ0) is 25.2. The maximum atomic E-state index is 13.6. The van der Waals surface area contributed by atoms with Crippen LogP contribution in [0, 0.1) is 0 Å². The molecule has 2 aromatic rings. The standard InChI is InChI=1S/C27H36N2O6/c1-20(2)29(23-11-7-14-28(18-23)27(31)32)26(30)22-12-13-24(25(17-22)34-16-8-15-33-3)35-19-21-9-5-4-6-10-21/h4-6,9-10,12-13,17,20,23H,7-8,11,14-16,18-19H2,1-3H3,(H,31,32)/t23-/m1/s1. The summed E-state index contributed by atoms with van der Waals surface area (Å²) in [6, 6.07) is 14.8. The molecule has 0 saturated carbocycles. The van der Waals surface area contributed by atoms with Crippen molar-refractivity contribution in [3.05, 3.63) is 59.7 Å². The van der Waals surface area contributed by atoms with Crippen LogP contribution in [0.2, 0.25) is 0 Å². The van der Waals surface area contributed by atoms with E-state index < -0.39 is 6.09 Å². The molecule has 1 atom stereocenters. The van der Waals surface area contributed by atoms with Crippen molar-refractivity contribution in [1.29, 1.82) is 0 Å². The van der Waals surface area contributed by atoms with E-state index in [-0.39, 0.29) is 18.0 Å². The highest BCUT2D eigenvalue weighted by molar-refractivity contribution is 5.95. The normalized spacial score (nSPS) is 15.7. The monoisotopic (exact) mass is 484 g/mol. The van der Waals surface area contributed by atoms with Gasteiger partial charge in [0.15, 0.2) is 11.5 Å². The first-order valence-electron chi connectivity index (χ1n) is 12.1. The van der Waals surface area contributed by atoms with E-state index in [4.69, 9.17) is 14.2 Å². The van der Waals surface area contributed by atoms with E-state index in [1.807, 2.05) is 44.2 Å². The summed E-state index contributed by atoms with van der Waals surface area (Å²) in [5, 5.41) is 9.44. The average Bonchev–Trinajstić information content (AvgIpc) is 2.86. The molecule has 0 bridgehead atoms.